The zero-order valence-electron chi connectivity index (χ0n) is 11.3. The summed E-state index contributed by atoms with van der Waals surface area (Å²) >= 11 is 6.84. The lowest BCUT2D eigenvalue weighted by molar-refractivity contribution is 0.0902. The molecule has 0 saturated heterocycles. The molecule has 1 aliphatic carbocycles. The predicted molar refractivity (Wildman–Crippen MR) is 85.3 cm³/mol. The maximum Gasteiger partial charge on any atom is 0.252 e. The topological polar surface area (TPSA) is 29.1 Å². The van der Waals surface area contributed by atoms with Gasteiger partial charge in [0.2, 0.25) is 0 Å². The summed E-state index contributed by atoms with van der Waals surface area (Å²) in [6.45, 7) is 4.56. The molecular formula is C15H19Br2NO. The Morgan fingerprint density at radius 1 is 1.37 bits per heavy atom. The summed E-state index contributed by atoms with van der Waals surface area (Å²) in [5.74, 6) is 0.0158. The van der Waals surface area contributed by atoms with Crippen molar-refractivity contribution in [1.82, 2.24) is 5.32 Å². The van der Waals surface area contributed by atoms with Gasteiger partial charge in [-0.05, 0) is 58.8 Å². The van der Waals surface area contributed by atoms with E-state index < -0.39 is 0 Å². The van der Waals surface area contributed by atoms with E-state index in [4.69, 9.17) is 0 Å². The van der Waals surface area contributed by atoms with Gasteiger partial charge in [0, 0.05) is 15.0 Å². The number of amides is 1. The molecule has 2 nitrogen and oxygen atoms in total. The first-order chi connectivity index (χ1) is 8.87. The Hall–Kier alpha value is -0.350. The van der Waals surface area contributed by atoms with E-state index in [-0.39, 0.29) is 5.91 Å². The third-order valence-corrected chi connectivity index (χ3v) is 4.87. The molecular weight excluding hydrogens is 370 g/mol. The molecule has 1 fully saturated rings. The molecule has 0 bridgehead atoms. The molecule has 0 heterocycles. The zero-order valence-corrected chi connectivity index (χ0v) is 14.5. The van der Waals surface area contributed by atoms with E-state index in [0.29, 0.717) is 17.0 Å². The molecule has 1 atom stereocenters. The largest absolute Gasteiger partial charge is 0.349 e. The number of halogens is 2. The number of hydrogen-bond acceptors (Lipinski definition) is 1. The van der Waals surface area contributed by atoms with E-state index in [1.54, 1.807) is 0 Å². The van der Waals surface area contributed by atoms with Crippen LogP contribution in [0.1, 0.15) is 49.9 Å². The van der Waals surface area contributed by atoms with Crippen LogP contribution < -0.4 is 5.32 Å². The van der Waals surface area contributed by atoms with Gasteiger partial charge in [0.25, 0.3) is 5.91 Å². The molecule has 1 aromatic carbocycles. The van der Waals surface area contributed by atoms with E-state index in [1.165, 1.54) is 12.8 Å². The molecule has 1 aromatic rings. The summed E-state index contributed by atoms with van der Waals surface area (Å²) in [5, 5.41) is 3.17. The van der Waals surface area contributed by atoms with Gasteiger partial charge in [0.15, 0.2) is 0 Å². The SMILES string of the molecule is CC1(C)CCCC(NC(=O)c2ccc(Br)cc2Br)C1. The lowest BCUT2D eigenvalue weighted by atomic mass is 9.75. The second-order valence-electron chi connectivity index (χ2n) is 6.06. The van der Waals surface area contributed by atoms with Gasteiger partial charge in [-0.25, -0.2) is 0 Å². The quantitative estimate of drug-likeness (QED) is 0.766. The molecule has 1 saturated carbocycles. The van der Waals surface area contributed by atoms with Crippen LogP contribution in [0.5, 0.6) is 0 Å². The van der Waals surface area contributed by atoms with Crippen molar-refractivity contribution in [1.29, 1.82) is 0 Å². The fourth-order valence-corrected chi connectivity index (χ4v) is 3.99. The molecule has 0 aromatic heterocycles. The van der Waals surface area contributed by atoms with Crippen LogP contribution in [0.15, 0.2) is 27.1 Å². The number of rotatable bonds is 2. The standard InChI is InChI=1S/C15H19Br2NO/c1-15(2)7-3-4-11(9-15)18-14(19)12-6-5-10(16)8-13(12)17/h5-6,8,11H,3-4,7,9H2,1-2H3,(H,18,19). The van der Waals surface area contributed by atoms with Gasteiger partial charge in [-0.1, -0.05) is 36.2 Å². The first-order valence-electron chi connectivity index (χ1n) is 6.63. The third kappa shape index (κ3) is 4.06. The van der Waals surface area contributed by atoms with E-state index in [2.05, 4.69) is 51.0 Å². The number of carbonyl (C=O) groups excluding carboxylic acids is 1. The average Bonchev–Trinajstić information content (AvgIpc) is 2.27. The monoisotopic (exact) mass is 387 g/mol. The fourth-order valence-electron chi connectivity index (χ4n) is 2.76. The van der Waals surface area contributed by atoms with Crippen LogP contribution >= 0.6 is 31.9 Å². The van der Waals surface area contributed by atoms with Crippen molar-refractivity contribution in [2.75, 3.05) is 0 Å². The van der Waals surface area contributed by atoms with Crippen LogP contribution in [0.3, 0.4) is 0 Å². The van der Waals surface area contributed by atoms with E-state index in [9.17, 15) is 4.79 Å². The molecule has 0 spiro atoms. The highest BCUT2D eigenvalue weighted by Gasteiger charge is 2.29. The van der Waals surface area contributed by atoms with Crippen molar-refractivity contribution in [3.63, 3.8) is 0 Å². The van der Waals surface area contributed by atoms with Crippen LogP contribution in [0.2, 0.25) is 0 Å². The number of nitrogens with one attached hydrogen (secondary N) is 1. The summed E-state index contributed by atoms with van der Waals surface area (Å²) in [4.78, 5) is 12.3. The Kier molecular flexibility index (Phi) is 4.72. The first-order valence-corrected chi connectivity index (χ1v) is 8.22. The van der Waals surface area contributed by atoms with E-state index in [0.717, 1.165) is 21.8 Å². The smallest absolute Gasteiger partial charge is 0.252 e. The van der Waals surface area contributed by atoms with Gasteiger partial charge in [-0.2, -0.15) is 0 Å². The van der Waals surface area contributed by atoms with Crippen molar-refractivity contribution in [2.45, 2.75) is 45.6 Å². The van der Waals surface area contributed by atoms with Gasteiger partial charge in [0.05, 0.1) is 5.56 Å². The third-order valence-electron chi connectivity index (χ3n) is 3.72. The molecule has 19 heavy (non-hydrogen) atoms. The number of benzene rings is 1. The lowest BCUT2D eigenvalue weighted by Gasteiger charge is -2.35. The minimum absolute atomic E-state index is 0.0158. The van der Waals surface area contributed by atoms with Gasteiger partial charge >= 0.3 is 0 Å². The van der Waals surface area contributed by atoms with Crippen molar-refractivity contribution >= 4 is 37.8 Å². The Labute approximate surface area is 131 Å². The zero-order chi connectivity index (χ0) is 14.0. The van der Waals surface area contributed by atoms with Crippen molar-refractivity contribution in [2.24, 2.45) is 5.41 Å². The van der Waals surface area contributed by atoms with Crippen molar-refractivity contribution < 1.29 is 4.79 Å². The Morgan fingerprint density at radius 2 is 2.11 bits per heavy atom. The van der Waals surface area contributed by atoms with Crippen LogP contribution in [0.4, 0.5) is 0 Å². The molecule has 1 aliphatic rings. The highest BCUT2D eigenvalue weighted by Crippen LogP contribution is 2.35. The molecule has 0 radical (unpaired) electrons. The van der Waals surface area contributed by atoms with Gasteiger partial charge in [-0.3, -0.25) is 4.79 Å². The predicted octanol–water partition coefficient (Wildman–Crippen LogP) is 4.91. The molecule has 1 amide bonds. The minimum atomic E-state index is 0.0158. The molecule has 1 N–H and O–H groups in total. The number of carbonyl (C=O) groups is 1. The van der Waals surface area contributed by atoms with Crippen molar-refractivity contribution in [3.05, 3.63) is 32.7 Å². The summed E-state index contributed by atoms with van der Waals surface area (Å²) in [5.41, 5.74) is 1.04. The molecule has 4 heteroatoms. The van der Waals surface area contributed by atoms with Crippen LogP contribution in [0.25, 0.3) is 0 Å². The normalized spacial score (nSPS) is 22.0. The van der Waals surface area contributed by atoms with Crippen molar-refractivity contribution in [3.8, 4) is 0 Å². The van der Waals surface area contributed by atoms with Crippen LogP contribution in [-0.2, 0) is 0 Å². The highest BCUT2D eigenvalue weighted by atomic mass is 79.9. The molecule has 104 valence electrons. The van der Waals surface area contributed by atoms with Gasteiger partial charge < -0.3 is 5.32 Å². The van der Waals surface area contributed by atoms with Crippen LogP contribution in [-0.4, -0.2) is 11.9 Å². The second-order valence-corrected chi connectivity index (χ2v) is 7.83. The molecule has 2 rings (SSSR count). The fraction of sp³-hybridized carbons (Fsp3) is 0.533. The molecule has 0 aliphatic heterocycles. The summed E-state index contributed by atoms with van der Waals surface area (Å²) < 4.78 is 1.80. The van der Waals surface area contributed by atoms with Gasteiger partial charge in [0.1, 0.15) is 0 Å². The summed E-state index contributed by atoms with van der Waals surface area (Å²) in [6, 6.07) is 5.94. The Bertz CT molecular complexity index is 485. The first kappa shape index (κ1) is 15.0. The number of hydrogen-bond donors (Lipinski definition) is 1. The van der Waals surface area contributed by atoms with Gasteiger partial charge in [-0.15, -0.1) is 0 Å². The molecule has 1 unspecified atom stereocenters. The summed E-state index contributed by atoms with van der Waals surface area (Å²) in [6.07, 6.45) is 4.59. The summed E-state index contributed by atoms with van der Waals surface area (Å²) in [7, 11) is 0. The lowest BCUT2D eigenvalue weighted by Crippen LogP contribution is -2.40. The Morgan fingerprint density at radius 3 is 2.74 bits per heavy atom. The second kappa shape index (κ2) is 5.96. The maximum atomic E-state index is 12.3. The average molecular weight is 389 g/mol. The minimum Gasteiger partial charge on any atom is -0.349 e. The maximum absolute atomic E-state index is 12.3. The van der Waals surface area contributed by atoms with Crippen LogP contribution in [0, 0.1) is 5.41 Å². The highest BCUT2D eigenvalue weighted by molar-refractivity contribution is 9.11. The van der Waals surface area contributed by atoms with E-state index >= 15 is 0 Å². The Balaban J connectivity index is 2.04. The van der Waals surface area contributed by atoms with E-state index in [1.807, 2.05) is 18.2 Å².